The summed E-state index contributed by atoms with van der Waals surface area (Å²) in [6.07, 6.45) is 1.59. The molecule has 0 amide bonds. The quantitative estimate of drug-likeness (QED) is 0.626. The number of para-hydroxylation sites is 1. The summed E-state index contributed by atoms with van der Waals surface area (Å²) in [5, 5.41) is 19.0. The first-order valence-corrected chi connectivity index (χ1v) is 6.62. The van der Waals surface area contributed by atoms with Crippen molar-refractivity contribution in [3.05, 3.63) is 58.1 Å². The van der Waals surface area contributed by atoms with E-state index < -0.39 is 0 Å². The summed E-state index contributed by atoms with van der Waals surface area (Å²) >= 11 is 5.80. The molecule has 1 aliphatic heterocycles. The Kier molecular flexibility index (Phi) is 3.31. The fourth-order valence-corrected chi connectivity index (χ4v) is 2.39. The van der Waals surface area contributed by atoms with Crippen molar-refractivity contribution in [1.29, 1.82) is 0 Å². The summed E-state index contributed by atoms with van der Waals surface area (Å²) in [6.45, 7) is 0.148. The highest BCUT2D eigenvalue weighted by Crippen LogP contribution is 2.35. The molecule has 0 unspecified atom stereocenters. The number of rotatable bonds is 1. The minimum absolute atomic E-state index is 0.0198. The predicted octanol–water partition coefficient (Wildman–Crippen LogP) is 3.41. The van der Waals surface area contributed by atoms with Crippen LogP contribution in [0.4, 0.5) is 0 Å². The van der Waals surface area contributed by atoms with E-state index in [1.54, 1.807) is 30.3 Å². The number of carbonyl (C=O) groups excluding carboxylic acids is 1. The van der Waals surface area contributed by atoms with Crippen molar-refractivity contribution in [2.24, 2.45) is 0 Å². The molecule has 3 rings (SSSR count). The fourth-order valence-electron chi connectivity index (χ4n) is 2.17. The van der Waals surface area contributed by atoms with E-state index in [2.05, 4.69) is 0 Å². The lowest BCUT2D eigenvalue weighted by atomic mass is 9.98. The van der Waals surface area contributed by atoms with Gasteiger partial charge in [0.1, 0.15) is 12.4 Å². The van der Waals surface area contributed by atoms with Gasteiger partial charge >= 0.3 is 0 Å². The van der Waals surface area contributed by atoms with Crippen LogP contribution in [0.2, 0.25) is 5.02 Å². The number of fused-ring (bicyclic) bond motifs is 1. The molecule has 0 radical (unpaired) electrons. The fraction of sp³-hybridized carbons (Fsp3) is 0.0625. The Labute approximate surface area is 125 Å². The number of hydrogen-bond donors (Lipinski definition) is 2. The van der Waals surface area contributed by atoms with E-state index >= 15 is 0 Å². The van der Waals surface area contributed by atoms with Crippen molar-refractivity contribution in [3.63, 3.8) is 0 Å². The molecule has 2 N–H and O–H groups in total. The number of halogens is 1. The highest BCUT2D eigenvalue weighted by atomic mass is 35.5. The van der Waals surface area contributed by atoms with Gasteiger partial charge in [-0.1, -0.05) is 23.7 Å². The Balaban J connectivity index is 2.00. The number of ether oxygens (including phenoxy) is 1. The number of phenolic OH excluding ortho intramolecular Hbond substituents is 2. The number of carbonyl (C=O) groups is 1. The van der Waals surface area contributed by atoms with Crippen molar-refractivity contribution in [3.8, 4) is 17.2 Å². The standard InChI is InChI=1S/C16H11ClO4/c17-12-6-9(7-13(18)16(12)20)5-10-8-21-14-4-2-1-3-11(14)15(10)19/h1-7,18,20H,8H2. The molecule has 0 aliphatic carbocycles. The van der Waals surface area contributed by atoms with Gasteiger partial charge in [0.05, 0.1) is 10.6 Å². The third kappa shape index (κ3) is 2.45. The molecule has 1 aliphatic rings. The van der Waals surface area contributed by atoms with Crippen LogP contribution in [-0.4, -0.2) is 22.6 Å². The van der Waals surface area contributed by atoms with Crippen molar-refractivity contribution in [2.45, 2.75) is 0 Å². The van der Waals surface area contributed by atoms with Gasteiger partial charge in [-0.25, -0.2) is 0 Å². The van der Waals surface area contributed by atoms with Crippen molar-refractivity contribution >= 4 is 23.5 Å². The molecule has 1 heterocycles. The first kappa shape index (κ1) is 13.5. The molecule has 0 aromatic heterocycles. The average molecular weight is 303 g/mol. The van der Waals surface area contributed by atoms with Crippen LogP contribution in [0.15, 0.2) is 42.0 Å². The summed E-state index contributed by atoms with van der Waals surface area (Å²) in [6, 6.07) is 9.82. The maximum absolute atomic E-state index is 12.4. The molecule has 0 spiro atoms. The van der Waals surface area contributed by atoms with Crippen LogP contribution in [0.25, 0.3) is 6.08 Å². The number of ketones is 1. The maximum atomic E-state index is 12.4. The molecule has 0 saturated heterocycles. The number of hydrogen-bond acceptors (Lipinski definition) is 4. The van der Waals surface area contributed by atoms with Crippen LogP contribution in [-0.2, 0) is 0 Å². The molecular weight excluding hydrogens is 292 g/mol. The van der Waals surface area contributed by atoms with Crippen LogP contribution in [0.3, 0.4) is 0 Å². The lowest BCUT2D eigenvalue weighted by molar-refractivity contribution is 0.100. The zero-order valence-corrected chi connectivity index (χ0v) is 11.6. The summed E-state index contributed by atoms with van der Waals surface area (Å²) in [7, 11) is 0. The Bertz CT molecular complexity index is 742. The molecule has 106 valence electrons. The highest BCUT2D eigenvalue weighted by molar-refractivity contribution is 6.32. The van der Waals surface area contributed by atoms with Gasteiger partial charge < -0.3 is 14.9 Å². The van der Waals surface area contributed by atoms with Crippen LogP contribution in [0.1, 0.15) is 15.9 Å². The SMILES string of the molecule is O=C1C(=Cc2cc(O)c(O)c(Cl)c2)COc2ccccc21. The Morgan fingerprint density at radius 2 is 1.95 bits per heavy atom. The van der Waals surface area contributed by atoms with Gasteiger partial charge in [0.2, 0.25) is 0 Å². The van der Waals surface area contributed by atoms with E-state index in [0.29, 0.717) is 22.4 Å². The van der Waals surface area contributed by atoms with Gasteiger partial charge in [-0.3, -0.25) is 4.79 Å². The van der Waals surface area contributed by atoms with Gasteiger partial charge in [-0.15, -0.1) is 0 Å². The van der Waals surface area contributed by atoms with Crippen LogP contribution in [0.5, 0.6) is 17.2 Å². The van der Waals surface area contributed by atoms with Crippen LogP contribution < -0.4 is 4.74 Å². The maximum Gasteiger partial charge on any atom is 0.196 e. The summed E-state index contributed by atoms with van der Waals surface area (Å²) in [5.74, 6) is -0.277. The largest absolute Gasteiger partial charge is 0.504 e. The molecule has 0 atom stereocenters. The van der Waals surface area contributed by atoms with E-state index in [-0.39, 0.29) is 28.9 Å². The lowest BCUT2D eigenvalue weighted by Gasteiger charge is -2.18. The average Bonchev–Trinajstić information content (AvgIpc) is 2.48. The molecule has 0 saturated carbocycles. The minimum Gasteiger partial charge on any atom is -0.504 e. The second kappa shape index (κ2) is 5.14. The van der Waals surface area contributed by atoms with E-state index in [1.807, 2.05) is 0 Å². The molecule has 21 heavy (non-hydrogen) atoms. The Morgan fingerprint density at radius 1 is 1.19 bits per heavy atom. The molecule has 5 heteroatoms. The van der Waals surface area contributed by atoms with Gasteiger partial charge in [-0.2, -0.15) is 0 Å². The topological polar surface area (TPSA) is 66.8 Å². The first-order chi connectivity index (χ1) is 10.1. The lowest BCUT2D eigenvalue weighted by Crippen LogP contribution is -2.18. The molecule has 2 aromatic rings. The zero-order chi connectivity index (χ0) is 15.0. The van der Waals surface area contributed by atoms with Gasteiger partial charge in [0.25, 0.3) is 0 Å². The second-order valence-electron chi connectivity index (χ2n) is 4.65. The summed E-state index contributed by atoms with van der Waals surface area (Å²) in [4.78, 5) is 12.4. The summed E-state index contributed by atoms with van der Waals surface area (Å²) in [5.41, 5.74) is 1.47. The van der Waals surface area contributed by atoms with Crippen molar-refractivity contribution in [2.75, 3.05) is 6.61 Å². The van der Waals surface area contributed by atoms with Gasteiger partial charge in [0, 0.05) is 5.57 Å². The van der Waals surface area contributed by atoms with Gasteiger partial charge in [-0.05, 0) is 35.9 Å². The van der Waals surface area contributed by atoms with E-state index in [1.165, 1.54) is 12.1 Å². The number of Topliss-reactive ketones (excluding diaryl/α,β-unsaturated/α-hetero) is 1. The molecule has 0 fully saturated rings. The summed E-state index contributed by atoms with van der Waals surface area (Å²) < 4.78 is 5.53. The van der Waals surface area contributed by atoms with Gasteiger partial charge in [0.15, 0.2) is 17.3 Å². The monoisotopic (exact) mass is 302 g/mol. The molecular formula is C16H11ClO4. The minimum atomic E-state index is -0.379. The van der Waals surface area contributed by atoms with Crippen LogP contribution >= 0.6 is 11.6 Å². The molecule has 4 nitrogen and oxygen atoms in total. The van der Waals surface area contributed by atoms with Crippen molar-refractivity contribution < 1.29 is 19.7 Å². The first-order valence-electron chi connectivity index (χ1n) is 6.25. The highest BCUT2D eigenvalue weighted by Gasteiger charge is 2.22. The normalized spacial score (nSPS) is 15.7. The number of aromatic hydroxyl groups is 2. The second-order valence-corrected chi connectivity index (χ2v) is 5.06. The molecule has 0 bridgehead atoms. The third-order valence-electron chi connectivity index (χ3n) is 3.21. The third-order valence-corrected chi connectivity index (χ3v) is 3.50. The van der Waals surface area contributed by atoms with Crippen LogP contribution in [0, 0.1) is 0 Å². The predicted molar refractivity (Wildman–Crippen MR) is 79.0 cm³/mol. The van der Waals surface area contributed by atoms with E-state index in [9.17, 15) is 15.0 Å². The Morgan fingerprint density at radius 3 is 2.71 bits per heavy atom. The van der Waals surface area contributed by atoms with Crippen molar-refractivity contribution in [1.82, 2.24) is 0 Å². The smallest absolute Gasteiger partial charge is 0.196 e. The molecule has 2 aromatic carbocycles. The zero-order valence-electron chi connectivity index (χ0n) is 10.8. The number of phenols is 2. The van der Waals surface area contributed by atoms with E-state index in [0.717, 1.165) is 0 Å². The number of benzene rings is 2. The Hall–Kier alpha value is -2.46. The van der Waals surface area contributed by atoms with E-state index in [4.69, 9.17) is 16.3 Å².